The highest BCUT2D eigenvalue weighted by Crippen LogP contribution is 2.25. The van der Waals surface area contributed by atoms with Gasteiger partial charge in [-0.1, -0.05) is 18.7 Å². The Hall–Kier alpha value is -2.21. The Morgan fingerprint density at radius 1 is 1.31 bits per heavy atom. The van der Waals surface area contributed by atoms with Crippen LogP contribution in [0.25, 0.3) is 0 Å². The molecule has 138 valence electrons. The maximum absolute atomic E-state index is 13.0. The maximum Gasteiger partial charge on any atom is 0.322 e. The molecule has 0 atom stereocenters. The van der Waals surface area contributed by atoms with Crippen molar-refractivity contribution >= 4 is 27.6 Å². The average molecular weight is 418 g/mol. The number of piperidine rings is 1. The van der Waals surface area contributed by atoms with E-state index in [9.17, 15) is 4.79 Å². The molecule has 6 heteroatoms. The summed E-state index contributed by atoms with van der Waals surface area (Å²) < 4.78 is 6.35. The zero-order chi connectivity index (χ0) is 18.5. The number of carbonyl (C=O) groups excluding carboxylic acids is 1. The van der Waals surface area contributed by atoms with Gasteiger partial charge in [-0.2, -0.15) is 0 Å². The van der Waals surface area contributed by atoms with Crippen LogP contribution >= 0.6 is 15.9 Å². The number of allylic oxidation sites excluding steroid dienone is 1. The Labute approximate surface area is 162 Å². The van der Waals surface area contributed by atoms with Crippen molar-refractivity contribution in [3.8, 4) is 0 Å². The molecule has 5 nitrogen and oxygen atoms in total. The zero-order valence-electron chi connectivity index (χ0n) is 15.0. The molecule has 3 rings (SSSR count). The minimum Gasteiger partial charge on any atom is -0.467 e. The third-order valence-electron chi connectivity index (χ3n) is 4.73. The number of urea groups is 1. The van der Waals surface area contributed by atoms with Gasteiger partial charge in [0.1, 0.15) is 5.76 Å². The third kappa shape index (κ3) is 4.49. The Kier molecular flexibility index (Phi) is 6.04. The first-order chi connectivity index (χ1) is 12.5. The second-order valence-corrected chi connectivity index (χ2v) is 7.43. The molecule has 0 aliphatic carbocycles. The lowest BCUT2D eigenvalue weighted by Crippen LogP contribution is -2.48. The summed E-state index contributed by atoms with van der Waals surface area (Å²) in [5.41, 5.74) is 1.85. The summed E-state index contributed by atoms with van der Waals surface area (Å²) in [5, 5.41) is 3.02. The van der Waals surface area contributed by atoms with Crippen molar-refractivity contribution in [2.24, 2.45) is 0 Å². The van der Waals surface area contributed by atoms with Crippen LogP contribution in [0.3, 0.4) is 0 Å². The lowest BCUT2D eigenvalue weighted by atomic mass is 10.0. The summed E-state index contributed by atoms with van der Waals surface area (Å²) in [6, 6.07) is 11.4. The number of hydrogen-bond donors (Lipinski definition) is 1. The summed E-state index contributed by atoms with van der Waals surface area (Å²) in [7, 11) is 0. The summed E-state index contributed by atoms with van der Waals surface area (Å²) >= 11 is 3.49. The number of halogens is 1. The van der Waals surface area contributed by atoms with Gasteiger partial charge in [0, 0.05) is 29.3 Å². The minimum absolute atomic E-state index is 0.109. The molecular formula is C20H24BrN3O2. The van der Waals surface area contributed by atoms with E-state index < -0.39 is 0 Å². The average Bonchev–Trinajstić information content (AvgIpc) is 3.15. The van der Waals surface area contributed by atoms with E-state index in [1.54, 1.807) is 6.26 Å². The number of likely N-dealkylation sites (tertiary alicyclic amines) is 1. The smallest absolute Gasteiger partial charge is 0.322 e. The number of nitrogens with zero attached hydrogens (tertiary/aromatic N) is 2. The minimum atomic E-state index is -0.109. The molecule has 2 heterocycles. The summed E-state index contributed by atoms with van der Waals surface area (Å²) in [5.74, 6) is 0.787. The number of amides is 2. The number of carbonyl (C=O) groups is 1. The first kappa shape index (κ1) is 18.6. The van der Waals surface area contributed by atoms with Crippen molar-refractivity contribution in [1.29, 1.82) is 0 Å². The predicted octanol–water partition coefficient (Wildman–Crippen LogP) is 5.07. The molecule has 0 radical (unpaired) electrons. The summed E-state index contributed by atoms with van der Waals surface area (Å²) in [6.07, 6.45) is 3.47. The number of para-hydroxylation sites is 1. The van der Waals surface area contributed by atoms with E-state index in [0.717, 1.165) is 47.5 Å². The first-order valence-corrected chi connectivity index (χ1v) is 9.59. The summed E-state index contributed by atoms with van der Waals surface area (Å²) in [6.45, 7) is 8.34. The second kappa shape index (κ2) is 8.45. The molecule has 1 aromatic carbocycles. The molecule has 26 heavy (non-hydrogen) atoms. The van der Waals surface area contributed by atoms with Crippen LogP contribution in [0.2, 0.25) is 0 Å². The molecule has 1 aromatic heterocycles. The fourth-order valence-corrected chi connectivity index (χ4v) is 3.63. The molecule has 1 fully saturated rings. The Morgan fingerprint density at radius 3 is 2.65 bits per heavy atom. The predicted molar refractivity (Wildman–Crippen MR) is 107 cm³/mol. The van der Waals surface area contributed by atoms with Gasteiger partial charge in [0.2, 0.25) is 0 Å². The number of rotatable bonds is 5. The van der Waals surface area contributed by atoms with Gasteiger partial charge in [0.25, 0.3) is 0 Å². The van der Waals surface area contributed by atoms with Gasteiger partial charge in [-0.15, -0.1) is 0 Å². The van der Waals surface area contributed by atoms with Gasteiger partial charge >= 0.3 is 6.03 Å². The molecule has 2 amide bonds. The van der Waals surface area contributed by atoms with Gasteiger partial charge in [0.15, 0.2) is 0 Å². The molecule has 2 aromatic rings. The van der Waals surface area contributed by atoms with E-state index in [4.69, 9.17) is 4.42 Å². The number of anilines is 1. The second-order valence-electron chi connectivity index (χ2n) is 6.57. The van der Waals surface area contributed by atoms with E-state index in [2.05, 4.69) is 32.7 Å². The number of nitrogens with one attached hydrogen (secondary N) is 1. The third-order valence-corrected chi connectivity index (χ3v) is 5.42. The zero-order valence-corrected chi connectivity index (χ0v) is 16.5. The summed E-state index contributed by atoms with van der Waals surface area (Å²) in [4.78, 5) is 17.2. The largest absolute Gasteiger partial charge is 0.467 e. The van der Waals surface area contributed by atoms with E-state index >= 15 is 0 Å². The van der Waals surface area contributed by atoms with Crippen molar-refractivity contribution in [2.75, 3.05) is 18.4 Å². The van der Waals surface area contributed by atoms with E-state index in [1.807, 2.05) is 48.2 Å². The molecule has 1 N–H and O–H groups in total. The monoisotopic (exact) mass is 417 g/mol. The van der Waals surface area contributed by atoms with Crippen molar-refractivity contribution in [2.45, 2.75) is 32.4 Å². The highest BCUT2D eigenvalue weighted by Gasteiger charge is 2.29. The first-order valence-electron chi connectivity index (χ1n) is 8.79. The van der Waals surface area contributed by atoms with Crippen molar-refractivity contribution in [3.63, 3.8) is 0 Å². The van der Waals surface area contributed by atoms with Crippen LogP contribution in [0.15, 0.2) is 63.8 Å². The van der Waals surface area contributed by atoms with Gasteiger partial charge in [0.05, 0.1) is 18.5 Å². The molecular weight excluding hydrogens is 394 g/mol. The molecule has 0 bridgehead atoms. The highest BCUT2D eigenvalue weighted by molar-refractivity contribution is 9.10. The Morgan fingerprint density at radius 2 is 2.04 bits per heavy atom. The lowest BCUT2D eigenvalue weighted by molar-refractivity contribution is 0.133. The van der Waals surface area contributed by atoms with Crippen LogP contribution in [0.1, 0.15) is 25.5 Å². The number of hydrogen-bond acceptors (Lipinski definition) is 3. The molecule has 0 spiro atoms. The molecule has 1 aliphatic rings. The standard InChI is InChI=1S/C20H24BrN3O2/c1-15(2)23-11-9-16(10-12-23)24(14-17-6-5-13-26-17)20(25)22-19-8-4-3-7-18(19)21/h3-8,13,16H,1,9-12,14H2,2H3,(H,22,25). The Bertz CT molecular complexity index is 752. The normalized spacial score (nSPS) is 14.9. The van der Waals surface area contributed by atoms with Crippen LogP contribution < -0.4 is 5.32 Å². The molecule has 0 saturated carbocycles. The maximum atomic E-state index is 13.0. The number of benzene rings is 1. The lowest BCUT2D eigenvalue weighted by Gasteiger charge is -2.39. The molecule has 1 saturated heterocycles. The van der Waals surface area contributed by atoms with Crippen LogP contribution in [0.4, 0.5) is 10.5 Å². The fourth-order valence-electron chi connectivity index (χ4n) is 3.25. The van der Waals surface area contributed by atoms with Gasteiger partial charge in [-0.3, -0.25) is 0 Å². The fraction of sp³-hybridized carbons (Fsp3) is 0.350. The number of furan rings is 1. The van der Waals surface area contributed by atoms with E-state index in [0.29, 0.717) is 6.54 Å². The van der Waals surface area contributed by atoms with Gasteiger partial charge < -0.3 is 19.5 Å². The van der Waals surface area contributed by atoms with Crippen molar-refractivity contribution < 1.29 is 9.21 Å². The van der Waals surface area contributed by atoms with Crippen molar-refractivity contribution in [3.05, 3.63) is 65.2 Å². The Balaban J connectivity index is 1.74. The van der Waals surface area contributed by atoms with Crippen LogP contribution in [0.5, 0.6) is 0 Å². The van der Waals surface area contributed by atoms with Gasteiger partial charge in [-0.05, 0) is 60.0 Å². The van der Waals surface area contributed by atoms with Crippen molar-refractivity contribution in [1.82, 2.24) is 9.80 Å². The van der Waals surface area contributed by atoms with Crippen LogP contribution in [-0.2, 0) is 6.54 Å². The molecule has 1 aliphatic heterocycles. The van der Waals surface area contributed by atoms with E-state index in [1.165, 1.54) is 0 Å². The van der Waals surface area contributed by atoms with Crippen LogP contribution in [-0.4, -0.2) is 35.0 Å². The molecule has 0 unspecified atom stereocenters. The van der Waals surface area contributed by atoms with Gasteiger partial charge in [-0.25, -0.2) is 4.79 Å². The van der Waals surface area contributed by atoms with E-state index in [-0.39, 0.29) is 12.1 Å². The quantitative estimate of drug-likeness (QED) is 0.737. The highest BCUT2D eigenvalue weighted by atomic mass is 79.9. The topological polar surface area (TPSA) is 48.7 Å². The SMILES string of the molecule is C=C(C)N1CCC(N(Cc2ccco2)C(=O)Nc2ccccc2Br)CC1. The van der Waals surface area contributed by atoms with Crippen LogP contribution in [0, 0.1) is 0 Å².